The van der Waals surface area contributed by atoms with Crippen molar-refractivity contribution in [1.82, 2.24) is 15.1 Å². The van der Waals surface area contributed by atoms with Gasteiger partial charge in [0.25, 0.3) is 0 Å². The monoisotopic (exact) mass is 385 g/mol. The van der Waals surface area contributed by atoms with E-state index in [1.165, 1.54) is 0 Å². The van der Waals surface area contributed by atoms with Gasteiger partial charge in [-0.3, -0.25) is 4.90 Å². The first-order valence-corrected chi connectivity index (χ1v) is 9.37. The van der Waals surface area contributed by atoms with E-state index in [9.17, 15) is 9.90 Å². The number of carbonyl (C=O) groups is 1. The maximum atomic E-state index is 12.3. The first-order chi connectivity index (χ1) is 12.0. The molecule has 0 saturated carbocycles. The first-order valence-electron chi connectivity index (χ1n) is 8.62. The third kappa shape index (κ3) is 3.16. The van der Waals surface area contributed by atoms with Crippen molar-refractivity contribution in [3.05, 3.63) is 27.7 Å². The Hall–Kier alpha value is -1.21. The molecule has 3 heterocycles. The molecule has 0 aromatic heterocycles. The van der Waals surface area contributed by atoms with Gasteiger partial charge >= 0.3 is 6.09 Å². The van der Waals surface area contributed by atoms with Crippen molar-refractivity contribution in [2.24, 2.45) is 0 Å². The van der Waals surface area contributed by atoms with E-state index >= 15 is 0 Å². The fourth-order valence-electron chi connectivity index (χ4n) is 4.17. The lowest BCUT2D eigenvalue weighted by Gasteiger charge is -2.30. The van der Waals surface area contributed by atoms with E-state index in [0.29, 0.717) is 22.2 Å². The van der Waals surface area contributed by atoms with Crippen LogP contribution in [0.15, 0.2) is 12.1 Å². The number of nitrogens with one attached hydrogen (secondary N) is 1. The summed E-state index contributed by atoms with van der Waals surface area (Å²) >= 11 is 12.4. The number of fused-ring (bicyclic) bond motifs is 1. The lowest BCUT2D eigenvalue weighted by atomic mass is 9.93. The van der Waals surface area contributed by atoms with Crippen LogP contribution in [0.2, 0.25) is 10.0 Å². The number of cyclic esters (lactones) is 1. The molecule has 3 aliphatic heterocycles. The molecule has 0 spiro atoms. The maximum absolute atomic E-state index is 12.3. The van der Waals surface area contributed by atoms with E-state index in [1.807, 2.05) is 0 Å². The number of aromatic hydroxyl groups is 1. The number of phenols is 1. The van der Waals surface area contributed by atoms with Gasteiger partial charge in [-0.15, -0.1) is 0 Å². The van der Waals surface area contributed by atoms with Gasteiger partial charge in [0.05, 0.1) is 16.1 Å². The zero-order valence-corrected chi connectivity index (χ0v) is 15.3. The summed E-state index contributed by atoms with van der Waals surface area (Å²) in [5, 5.41) is 14.4. The minimum Gasteiger partial charge on any atom is -0.508 e. The van der Waals surface area contributed by atoms with Crippen LogP contribution in [0.25, 0.3) is 0 Å². The second-order valence-electron chi connectivity index (χ2n) is 6.92. The number of phenolic OH excluding ortho intramolecular Hbond substituents is 1. The summed E-state index contributed by atoms with van der Waals surface area (Å²) in [5.41, 5.74) is 0.636. The number of benzene rings is 1. The van der Waals surface area contributed by atoms with Crippen molar-refractivity contribution in [3.63, 3.8) is 0 Å². The zero-order valence-electron chi connectivity index (χ0n) is 13.8. The molecule has 2 N–H and O–H groups in total. The van der Waals surface area contributed by atoms with Gasteiger partial charge in [-0.2, -0.15) is 0 Å². The Morgan fingerprint density at radius 2 is 2.04 bits per heavy atom. The molecule has 25 heavy (non-hydrogen) atoms. The summed E-state index contributed by atoms with van der Waals surface area (Å²) in [6.45, 7) is 5.09. The van der Waals surface area contributed by atoms with E-state index in [-0.39, 0.29) is 29.9 Å². The molecule has 0 bridgehead atoms. The lowest BCUT2D eigenvalue weighted by Crippen LogP contribution is -2.48. The van der Waals surface area contributed by atoms with Crippen LogP contribution in [0, 0.1) is 0 Å². The predicted molar refractivity (Wildman–Crippen MR) is 95.6 cm³/mol. The highest BCUT2D eigenvalue weighted by Gasteiger charge is 2.49. The second-order valence-corrected chi connectivity index (χ2v) is 7.70. The SMILES string of the molecule is O=C1O[C@@H](CN2CCNCC2)[C@@H]2C[C@H](c3c(O)ccc(Cl)c3Cl)CN12. The predicted octanol–water partition coefficient (Wildman–Crippen LogP) is 2.28. The molecule has 136 valence electrons. The van der Waals surface area contributed by atoms with E-state index < -0.39 is 0 Å². The molecule has 6 nitrogen and oxygen atoms in total. The average molecular weight is 386 g/mol. The first kappa shape index (κ1) is 17.2. The molecule has 0 aliphatic carbocycles. The van der Waals surface area contributed by atoms with Crippen molar-refractivity contribution >= 4 is 29.3 Å². The Bertz CT molecular complexity index is 681. The molecule has 8 heteroatoms. The summed E-state index contributed by atoms with van der Waals surface area (Å²) in [4.78, 5) is 16.4. The van der Waals surface area contributed by atoms with Gasteiger partial charge in [0, 0.05) is 50.7 Å². The third-order valence-corrected chi connectivity index (χ3v) is 6.24. The fourth-order valence-corrected chi connectivity index (χ4v) is 4.64. The highest BCUT2D eigenvalue weighted by atomic mass is 35.5. The number of rotatable bonds is 3. The Labute approximate surface area is 156 Å². The van der Waals surface area contributed by atoms with Crippen LogP contribution in [0.1, 0.15) is 17.9 Å². The van der Waals surface area contributed by atoms with Gasteiger partial charge in [-0.25, -0.2) is 4.79 Å². The number of hydrogen-bond acceptors (Lipinski definition) is 5. The number of nitrogens with zero attached hydrogens (tertiary/aromatic N) is 2. The molecule has 0 radical (unpaired) electrons. The smallest absolute Gasteiger partial charge is 0.410 e. The van der Waals surface area contributed by atoms with Gasteiger partial charge < -0.3 is 20.1 Å². The number of piperazine rings is 1. The van der Waals surface area contributed by atoms with Gasteiger partial charge in [0.1, 0.15) is 11.9 Å². The molecule has 3 aliphatic rings. The van der Waals surface area contributed by atoms with Gasteiger partial charge in [0.15, 0.2) is 0 Å². The fraction of sp³-hybridized carbons (Fsp3) is 0.588. The van der Waals surface area contributed by atoms with E-state index in [2.05, 4.69) is 10.2 Å². The molecular formula is C17H21Cl2N3O3. The molecule has 1 aromatic rings. The summed E-state index contributed by atoms with van der Waals surface area (Å²) < 4.78 is 5.60. The van der Waals surface area contributed by atoms with Crippen molar-refractivity contribution in [2.75, 3.05) is 39.3 Å². The van der Waals surface area contributed by atoms with E-state index in [4.69, 9.17) is 27.9 Å². The molecule has 1 aromatic carbocycles. The summed E-state index contributed by atoms with van der Waals surface area (Å²) in [5.74, 6) is 0.0992. The van der Waals surface area contributed by atoms with Crippen LogP contribution >= 0.6 is 23.2 Å². The largest absolute Gasteiger partial charge is 0.508 e. The molecule has 1 amide bonds. The highest BCUT2D eigenvalue weighted by Crippen LogP contribution is 2.45. The van der Waals surface area contributed by atoms with Crippen molar-refractivity contribution in [1.29, 1.82) is 0 Å². The van der Waals surface area contributed by atoms with Crippen LogP contribution in [0.4, 0.5) is 4.79 Å². The third-order valence-electron chi connectivity index (χ3n) is 5.42. The Morgan fingerprint density at radius 1 is 1.28 bits per heavy atom. The number of amides is 1. The lowest BCUT2D eigenvalue weighted by molar-refractivity contribution is 0.0894. The maximum Gasteiger partial charge on any atom is 0.410 e. The van der Waals surface area contributed by atoms with Crippen LogP contribution in [-0.2, 0) is 4.74 Å². The number of ether oxygens (including phenoxy) is 1. The molecule has 4 rings (SSSR count). The summed E-state index contributed by atoms with van der Waals surface area (Å²) in [6, 6.07) is 3.16. The highest BCUT2D eigenvalue weighted by molar-refractivity contribution is 6.42. The topological polar surface area (TPSA) is 65.0 Å². The zero-order chi connectivity index (χ0) is 17.6. The van der Waals surface area contributed by atoms with Gasteiger partial charge in [0.2, 0.25) is 0 Å². The number of hydrogen-bond donors (Lipinski definition) is 2. The average Bonchev–Trinajstić information content (AvgIpc) is 3.14. The van der Waals surface area contributed by atoms with Crippen molar-refractivity contribution in [3.8, 4) is 5.75 Å². The van der Waals surface area contributed by atoms with Gasteiger partial charge in [-0.1, -0.05) is 23.2 Å². The van der Waals surface area contributed by atoms with Gasteiger partial charge in [-0.05, 0) is 18.6 Å². The molecular weight excluding hydrogens is 365 g/mol. The Balaban J connectivity index is 1.52. The molecule has 3 fully saturated rings. The van der Waals surface area contributed by atoms with Crippen LogP contribution in [0.5, 0.6) is 5.75 Å². The van der Waals surface area contributed by atoms with E-state index in [0.717, 1.165) is 39.1 Å². The minimum absolute atomic E-state index is 0.0156. The van der Waals surface area contributed by atoms with Crippen LogP contribution < -0.4 is 5.32 Å². The minimum atomic E-state index is -0.273. The number of carbonyl (C=O) groups excluding carboxylic acids is 1. The quantitative estimate of drug-likeness (QED) is 0.835. The number of halogens is 2. The van der Waals surface area contributed by atoms with E-state index in [1.54, 1.807) is 17.0 Å². The summed E-state index contributed by atoms with van der Waals surface area (Å²) in [7, 11) is 0. The van der Waals surface area contributed by atoms with Crippen LogP contribution in [-0.4, -0.2) is 72.4 Å². The second kappa shape index (κ2) is 6.83. The van der Waals surface area contributed by atoms with Crippen LogP contribution in [0.3, 0.4) is 0 Å². The molecule has 0 unspecified atom stereocenters. The summed E-state index contributed by atoms with van der Waals surface area (Å²) in [6.07, 6.45) is 0.303. The normalized spacial score (nSPS) is 29.8. The Morgan fingerprint density at radius 3 is 2.80 bits per heavy atom. The van der Waals surface area contributed by atoms with Crippen molar-refractivity contribution in [2.45, 2.75) is 24.5 Å². The molecule has 3 atom stereocenters. The van der Waals surface area contributed by atoms with Crippen molar-refractivity contribution < 1.29 is 14.6 Å². The molecule has 3 saturated heterocycles. The Kier molecular flexibility index (Phi) is 4.71. The standard InChI is InChI=1S/C17H21Cl2N3O3/c18-11-1-2-13(23)15(16(11)19)10-7-12-14(25-17(24)22(12)8-10)9-21-5-3-20-4-6-21/h1-2,10,12,14,20,23H,3-9H2/t10-,12-,14-/m0/s1.